The number of para-hydroxylation sites is 1. The molecule has 4 heteroatoms. The Bertz CT molecular complexity index is 778. The molecule has 3 aromatic rings. The minimum Gasteiger partial charge on any atom is -0.338 e. The van der Waals surface area contributed by atoms with Crippen molar-refractivity contribution in [3.8, 4) is 0 Å². The van der Waals surface area contributed by atoms with E-state index >= 15 is 0 Å². The first kappa shape index (κ1) is 15.5. The highest BCUT2D eigenvalue weighted by molar-refractivity contribution is 7.99. The molecule has 0 saturated heterocycles. The van der Waals surface area contributed by atoms with Crippen molar-refractivity contribution in [1.82, 2.24) is 4.57 Å². The molecule has 0 aliphatic heterocycles. The van der Waals surface area contributed by atoms with E-state index in [-0.39, 0.29) is 0 Å². The van der Waals surface area contributed by atoms with E-state index in [0.29, 0.717) is 6.54 Å². The van der Waals surface area contributed by atoms with E-state index in [4.69, 9.17) is 17.3 Å². The van der Waals surface area contributed by atoms with E-state index in [1.165, 1.54) is 26.4 Å². The van der Waals surface area contributed by atoms with Gasteiger partial charge in [-0.05, 0) is 55.3 Å². The fraction of sp³-hybridized carbons (Fsp3) is 0.222. The molecule has 3 rings (SSSR count). The summed E-state index contributed by atoms with van der Waals surface area (Å²) in [6.07, 6.45) is 2.01. The van der Waals surface area contributed by atoms with E-state index in [1.54, 1.807) is 11.8 Å². The lowest BCUT2D eigenvalue weighted by molar-refractivity contribution is 0.786. The highest BCUT2D eigenvalue weighted by atomic mass is 35.5. The number of hydrogen-bond acceptors (Lipinski definition) is 2. The summed E-state index contributed by atoms with van der Waals surface area (Å²) in [5.41, 5.74) is 8.38. The Hall–Kier alpha value is -1.42. The van der Waals surface area contributed by atoms with Crippen molar-refractivity contribution in [2.75, 3.05) is 6.54 Å². The van der Waals surface area contributed by atoms with Gasteiger partial charge in [-0.15, -0.1) is 0 Å². The molecule has 0 atom stereocenters. The third-order valence-electron chi connectivity index (χ3n) is 3.81. The lowest BCUT2D eigenvalue weighted by atomic mass is 10.1. The van der Waals surface area contributed by atoms with E-state index in [0.717, 1.165) is 17.9 Å². The fourth-order valence-electron chi connectivity index (χ4n) is 2.71. The second-order valence-electron chi connectivity index (χ2n) is 5.31. The van der Waals surface area contributed by atoms with Gasteiger partial charge in [-0.3, -0.25) is 0 Å². The Morgan fingerprint density at radius 2 is 1.82 bits per heavy atom. The molecule has 2 N–H and O–H groups in total. The average molecular weight is 331 g/mol. The predicted molar refractivity (Wildman–Crippen MR) is 95.9 cm³/mol. The zero-order valence-electron chi connectivity index (χ0n) is 12.6. The van der Waals surface area contributed by atoms with Crippen molar-refractivity contribution in [3.05, 3.63) is 59.1 Å². The first-order chi connectivity index (χ1) is 10.7. The van der Waals surface area contributed by atoms with Crippen molar-refractivity contribution < 1.29 is 0 Å². The largest absolute Gasteiger partial charge is 0.338 e. The Kier molecular flexibility index (Phi) is 4.77. The van der Waals surface area contributed by atoms with Crippen LogP contribution in [0.4, 0.5) is 0 Å². The minimum atomic E-state index is 0.717. The van der Waals surface area contributed by atoms with Crippen molar-refractivity contribution in [2.24, 2.45) is 12.8 Å². The Morgan fingerprint density at radius 1 is 1.09 bits per heavy atom. The van der Waals surface area contributed by atoms with Gasteiger partial charge in [0.05, 0.1) is 5.03 Å². The summed E-state index contributed by atoms with van der Waals surface area (Å²) in [6, 6.07) is 16.6. The van der Waals surface area contributed by atoms with Crippen LogP contribution in [0.15, 0.2) is 58.5 Å². The predicted octanol–water partition coefficient (Wildman–Crippen LogP) is 4.87. The summed E-state index contributed by atoms with van der Waals surface area (Å²) in [7, 11) is 2.13. The number of fused-ring (bicyclic) bond motifs is 1. The molecule has 0 saturated carbocycles. The zero-order chi connectivity index (χ0) is 15.5. The summed E-state index contributed by atoms with van der Waals surface area (Å²) in [4.78, 5) is 1.20. The maximum atomic E-state index is 5.98. The Morgan fingerprint density at radius 3 is 2.55 bits per heavy atom. The number of halogens is 1. The molecule has 0 unspecified atom stereocenters. The van der Waals surface area contributed by atoms with Gasteiger partial charge in [0, 0.05) is 27.9 Å². The first-order valence-electron chi connectivity index (χ1n) is 7.40. The smallest absolute Gasteiger partial charge is 0.0837 e. The lowest BCUT2D eigenvalue weighted by Gasteiger charge is -2.08. The van der Waals surface area contributed by atoms with Crippen LogP contribution in [0.3, 0.4) is 0 Å². The van der Waals surface area contributed by atoms with Crippen molar-refractivity contribution in [1.29, 1.82) is 0 Å². The minimum absolute atomic E-state index is 0.717. The van der Waals surface area contributed by atoms with Crippen LogP contribution in [0, 0.1) is 0 Å². The second-order valence-corrected chi connectivity index (χ2v) is 6.81. The first-order valence-corrected chi connectivity index (χ1v) is 8.60. The average Bonchev–Trinajstić information content (AvgIpc) is 2.80. The second kappa shape index (κ2) is 6.78. The van der Waals surface area contributed by atoms with Gasteiger partial charge in [0.2, 0.25) is 0 Å². The van der Waals surface area contributed by atoms with Crippen LogP contribution >= 0.6 is 23.4 Å². The summed E-state index contributed by atoms with van der Waals surface area (Å²) in [5, 5.41) is 3.39. The third kappa shape index (κ3) is 3.02. The molecule has 0 radical (unpaired) electrons. The van der Waals surface area contributed by atoms with Gasteiger partial charge < -0.3 is 10.3 Å². The number of aryl methyl sites for hydroxylation is 2. The molecule has 2 aromatic carbocycles. The number of benzene rings is 2. The molecule has 1 aromatic heterocycles. The molecule has 0 aliphatic rings. The monoisotopic (exact) mass is 330 g/mol. The van der Waals surface area contributed by atoms with Crippen molar-refractivity contribution in [3.63, 3.8) is 0 Å². The highest BCUT2D eigenvalue weighted by Crippen LogP contribution is 2.37. The van der Waals surface area contributed by atoms with Gasteiger partial charge >= 0.3 is 0 Å². The highest BCUT2D eigenvalue weighted by Gasteiger charge is 2.15. The van der Waals surface area contributed by atoms with Gasteiger partial charge in [0.25, 0.3) is 0 Å². The zero-order valence-corrected chi connectivity index (χ0v) is 14.1. The molecule has 0 bridgehead atoms. The lowest BCUT2D eigenvalue weighted by Crippen LogP contribution is -2.01. The summed E-state index contributed by atoms with van der Waals surface area (Å²) < 4.78 is 2.28. The quantitative estimate of drug-likeness (QED) is 0.723. The Balaban J connectivity index is 2.06. The maximum Gasteiger partial charge on any atom is 0.0837 e. The van der Waals surface area contributed by atoms with Gasteiger partial charge in [0.15, 0.2) is 0 Å². The van der Waals surface area contributed by atoms with E-state index in [9.17, 15) is 0 Å². The van der Waals surface area contributed by atoms with E-state index in [1.807, 2.05) is 12.1 Å². The van der Waals surface area contributed by atoms with Crippen LogP contribution in [0.25, 0.3) is 10.9 Å². The number of aromatic nitrogens is 1. The molecule has 22 heavy (non-hydrogen) atoms. The molecule has 114 valence electrons. The SMILES string of the molecule is Cn1c(Sc2ccc(Cl)cc2)c(CCCN)c2ccccc21. The number of nitrogens with two attached hydrogens (primary N) is 1. The van der Waals surface area contributed by atoms with Gasteiger partial charge in [-0.2, -0.15) is 0 Å². The van der Waals surface area contributed by atoms with Crippen LogP contribution < -0.4 is 5.73 Å². The molecule has 0 spiro atoms. The number of hydrogen-bond donors (Lipinski definition) is 1. The van der Waals surface area contributed by atoms with E-state index in [2.05, 4.69) is 48.0 Å². The van der Waals surface area contributed by atoms with Crippen LogP contribution in [0.1, 0.15) is 12.0 Å². The Labute approximate surface area is 140 Å². The molecular formula is C18H19ClN2S. The molecule has 0 amide bonds. The molecule has 0 fully saturated rings. The molecule has 2 nitrogen and oxygen atoms in total. The van der Waals surface area contributed by atoms with Crippen LogP contribution in [0.5, 0.6) is 0 Å². The van der Waals surface area contributed by atoms with Gasteiger partial charge in [-0.1, -0.05) is 41.6 Å². The van der Waals surface area contributed by atoms with Gasteiger partial charge in [-0.25, -0.2) is 0 Å². The molecule has 0 aliphatic carbocycles. The summed E-state index contributed by atoms with van der Waals surface area (Å²) >= 11 is 7.77. The third-order valence-corrected chi connectivity index (χ3v) is 5.29. The van der Waals surface area contributed by atoms with Crippen LogP contribution in [0.2, 0.25) is 5.02 Å². The van der Waals surface area contributed by atoms with Crippen molar-refractivity contribution >= 4 is 34.3 Å². The van der Waals surface area contributed by atoms with Crippen LogP contribution in [-0.2, 0) is 13.5 Å². The maximum absolute atomic E-state index is 5.98. The topological polar surface area (TPSA) is 30.9 Å². The normalized spacial score (nSPS) is 11.2. The fourth-order valence-corrected chi connectivity index (χ4v) is 3.91. The standard InChI is InChI=1S/C18H19ClN2S/c1-21-17-7-3-2-5-15(17)16(6-4-12-20)18(21)22-14-10-8-13(19)9-11-14/h2-3,5,7-11H,4,6,12,20H2,1H3. The number of rotatable bonds is 5. The van der Waals surface area contributed by atoms with Crippen LogP contribution in [-0.4, -0.2) is 11.1 Å². The molecular weight excluding hydrogens is 312 g/mol. The summed E-state index contributed by atoms with van der Waals surface area (Å²) in [5.74, 6) is 0. The van der Waals surface area contributed by atoms with Gasteiger partial charge in [0.1, 0.15) is 0 Å². The van der Waals surface area contributed by atoms with E-state index < -0.39 is 0 Å². The number of nitrogens with zero attached hydrogens (tertiary/aromatic N) is 1. The summed E-state index contributed by atoms with van der Waals surface area (Å²) in [6.45, 7) is 0.717. The van der Waals surface area contributed by atoms with Crippen molar-refractivity contribution in [2.45, 2.75) is 22.8 Å². The molecule has 1 heterocycles.